The SMILES string of the molecule is CCOc1ccc2nc(SCC(=O)NCCNc3ccc([N+](=O)[O-])cc3)[nH]c2c1. The van der Waals surface area contributed by atoms with Gasteiger partial charge in [-0.25, -0.2) is 4.98 Å². The number of carbonyl (C=O) groups excluding carboxylic acids is 1. The van der Waals surface area contributed by atoms with Gasteiger partial charge >= 0.3 is 0 Å². The number of benzene rings is 2. The van der Waals surface area contributed by atoms with Crippen molar-refractivity contribution in [3.05, 3.63) is 52.6 Å². The van der Waals surface area contributed by atoms with Crippen molar-refractivity contribution in [1.82, 2.24) is 15.3 Å². The first-order valence-corrected chi connectivity index (χ1v) is 10.0. The summed E-state index contributed by atoms with van der Waals surface area (Å²) >= 11 is 1.33. The number of thioether (sulfide) groups is 1. The van der Waals surface area contributed by atoms with Crippen LogP contribution in [-0.4, -0.2) is 46.2 Å². The number of nitrogens with zero attached hydrogens (tertiary/aromatic N) is 2. The van der Waals surface area contributed by atoms with Gasteiger partial charge in [-0.05, 0) is 31.2 Å². The average molecular weight is 415 g/mol. The Morgan fingerprint density at radius 1 is 1.24 bits per heavy atom. The lowest BCUT2D eigenvalue weighted by Gasteiger charge is -2.07. The van der Waals surface area contributed by atoms with Crippen LogP contribution >= 0.6 is 11.8 Å². The van der Waals surface area contributed by atoms with Gasteiger partial charge < -0.3 is 20.4 Å². The zero-order valence-corrected chi connectivity index (χ0v) is 16.6. The van der Waals surface area contributed by atoms with Crippen molar-refractivity contribution in [3.63, 3.8) is 0 Å². The first kappa shape index (κ1) is 20.5. The highest BCUT2D eigenvalue weighted by Crippen LogP contribution is 2.23. The van der Waals surface area contributed by atoms with E-state index in [4.69, 9.17) is 4.74 Å². The lowest BCUT2D eigenvalue weighted by molar-refractivity contribution is -0.384. The Hall–Kier alpha value is -3.27. The van der Waals surface area contributed by atoms with E-state index in [1.165, 1.54) is 23.9 Å². The highest BCUT2D eigenvalue weighted by Gasteiger charge is 2.08. The molecule has 0 aliphatic heterocycles. The second-order valence-corrected chi connectivity index (χ2v) is 6.99. The molecule has 2 aromatic carbocycles. The highest BCUT2D eigenvalue weighted by molar-refractivity contribution is 7.99. The van der Waals surface area contributed by atoms with Gasteiger partial charge in [0.1, 0.15) is 5.75 Å². The first-order chi connectivity index (χ1) is 14.0. The summed E-state index contributed by atoms with van der Waals surface area (Å²) in [5, 5.41) is 17.2. The number of hydrogen-bond donors (Lipinski definition) is 3. The van der Waals surface area contributed by atoms with Gasteiger partial charge in [0, 0.05) is 37.0 Å². The molecule has 3 aromatic rings. The predicted octanol–water partition coefficient (Wildman–Crippen LogP) is 3.19. The molecule has 0 saturated carbocycles. The van der Waals surface area contributed by atoms with Crippen LogP contribution in [0.25, 0.3) is 11.0 Å². The number of amides is 1. The van der Waals surface area contributed by atoms with Crippen molar-refractivity contribution >= 4 is 40.1 Å². The van der Waals surface area contributed by atoms with Crippen LogP contribution in [-0.2, 0) is 4.79 Å². The lowest BCUT2D eigenvalue weighted by atomic mass is 10.3. The van der Waals surface area contributed by atoms with Crippen LogP contribution in [0.1, 0.15) is 6.92 Å². The summed E-state index contributed by atoms with van der Waals surface area (Å²) in [6, 6.07) is 11.8. The van der Waals surface area contributed by atoms with E-state index >= 15 is 0 Å². The molecule has 0 spiro atoms. The van der Waals surface area contributed by atoms with E-state index in [-0.39, 0.29) is 17.3 Å². The normalized spacial score (nSPS) is 10.7. The molecule has 10 heteroatoms. The Balaban J connectivity index is 1.39. The highest BCUT2D eigenvalue weighted by atomic mass is 32.2. The number of anilines is 1. The van der Waals surface area contributed by atoms with Gasteiger partial charge in [-0.1, -0.05) is 11.8 Å². The van der Waals surface area contributed by atoms with Crippen LogP contribution in [0.5, 0.6) is 5.75 Å². The van der Waals surface area contributed by atoms with Crippen LogP contribution in [0.4, 0.5) is 11.4 Å². The van der Waals surface area contributed by atoms with Gasteiger partial charge in [0.25, 0.3) is 5.69 Å². The number of carbonyl (C=O) groups is 1. The van der Waals surface area contributed by atoms with Gasteiger partial charge in [0.15, 0.2) is 5.16 Å². The molecule has 0 bridgehead atoms. The summed E-state index contributed by atoms with van der Waals surface area (Å²) in [5.74, 6) is 0.921. The molecule has 0 aliphatic rings. The number of H-pyrrole nitrogens is 1. The van der Waals surface area contributed by atoms with E-state index in [1.54, 1.807) is 12.1 Å². The maximum atomic E-state index is 12.0. The van der Waals surface area contributed by atoms with E-state index < -0.39 is 4.92 Å². The number of ether oxygens (including phenoxy) is 1. The number of rotatable bonds is 10. The Kier molecular flexibility index (Phi) is 6.90. The molecule has 1 heterocycles. The minimum absolute atomic E-state index is 0.0422. The molecule has 1 amide bonds. The summed E-state index contributed by atoms with van der Waals surface area (Å²) in [4.78, 5) is 29.8. The molecule has 0 saturated heterocycles. The van der Waals surface area contributed by atoms with Crippen molar-refractivity contribution in [2.75, 3.05) is 30.8 Å². The second kappa shape index (κ2) is 9.78. The maximum absolute atomic E-state index is 12.0. The van der Waals surface area contributed by atoms with Crippen molar-refractivity contribution < 1.29 is 14.5 Å². The third kappa shape index (κ3) is 5.85. The van der Waals surface area contributed by atoms with Crippen molar-refractivity contribution in [1.29, 1.82) is 0 Å². The number of aromatic amines is 1. The molecule has 0 fully saturated rings. The largest absolute Gasteiger partial charge is 0.494 e. The van der Waals surface area contributed by atoms with E-state index in [0.717, 1.165) is 22.5 Å². The number of hydrogen-bond acceptors (Lipinski definition) is 7. The van der Waals surface area contributed by atoms with Gasteiger partial charge in [-0.3, -0.25) is 14.9 Å². The number of fused-ring (bicyclic) bond motifs is 1. The smallest absolute Gasteiger partial charge is 0.269 e. The number of aromatic nitrogens is 2. The Morgan fingerprint density at radius 2 is 2.03 bits per heavy atom. The van der Waals surface area contributed by atoms with Crippen LogP contribution in [0.2, 0.25) is 0 Å². The van der Waals surface area contributed by atoms with Crippen molar-refractivity contribution in [3.8, 4) is 5.75 Å². The van der Waals surface area contributed by atoms with Gasteiger partial charge in [-0.2, -0.15) is 0 Å². The Labute approximate surface area is 171 Å². The number of nitrogens with one attached hydrogen (secondary N) is 3. The Morgan fingerprint density at radius 3 is 2.76 bits per heavy atom. The summed E-state index contributed by atoms with van der Waals surface area (Å²) in [5.41, 5.74) is 2.49. The fourth-order valence-electron chi connectivity index (χ4n) is 2.58. The van der Waals surface area contributed by atoms with Crippen LogP contribution < -0.4 is 15.4 Å². The minimum Gasteiger partial charge on any atom is -0.494 e. The lowest BCUT2D eigenvalue weighted by Crippen LogP contribution is -2.30. The van der Waals surface area contributed by atoms with Crippen LogP contribution in [0.3, 0.4) is 0 Å². The van der Waals surface area contributed by atoms with Crippen LogP contribution in [0, 0.1) is 10.1 Å². The monoisotopic (exact) mass is 415 g/mol. The quantitative estimate of drug-likeness (QED) is 0.201. The Bertz CT molecular complexity index is 990. The molecule has 29 heavy (non-hydrogen) atoms. The third-order valence-corrected chi connectivity index (χ3v) is 4.81. The molecule has 3 rings (SSSR count). The average Bonchev–Trinajstić information content (AvgIpc) is 3.12. The molecule has 9 nitrogen and oxygen atoms in total. The van der Waals surface area contributed by atoms with E-state index in [2.05, 4.69) is 20.6 Å². The second-order valence-electron chi connectivity index (χ2n) is 6.02. The number of nitro benzene ring substituents is 1. The summed E-state index contributed by atoms with van der Waals surface area (Å²) in [6.07, 6.45) is 0. The topological polar surface area (TPSA) is 122 Å². The maximum Gasteiger partial charge on any atom is 0.269 e. The van der Waals surface area contributed by atoms with Crippen LogP contribution in [0.15, 0.2) is 47.6 Å². The summed E-state index contributed by atoms with van der Waals surface area (Å²) in [6.45, 7) is 3.48. The van der Waals surface area contributed by atoms with Crippen molar-refractivity contribution in [2.45, 2.75) is 12.1 Å². The van der Waals surface area contributed by atoms with E-state index in [0.29, 0.717) is 24.9 Å². The third-order valence-electron chi connectivity index (χ3n) is 3.94. The van der Waals surface area contributed by atoms with Gasteiger partial charge in [-0.15, -0.1) is 0 Å². The molecule has 3 N–H and O–H groups in total. The van der Waals surface area contributed by atoms with E-state index in [9.17, 15) is 14.9 Å². The minimum atomic E-state index is -0.443. The number of nitro groups is 1. The van der Waals surface area contributed by atoms with Crippen molar-refractivity contribution in [2.24, 2.45) is 0 Å². The molecule has 152 valence electrons. The molecule has 0 aliphatic carbocycles. The fourth-order valence-corrected chi connectivity index (χ4v) is 3.30. The first-order valence-electron chi connectivity index (χ1n) is 9.05. The van der Waals surface area contributed by atoms with Gasteiger partial charge in [0.05, 0.1) is 28.3 Å². The fraction of sp³-hybridized carbons (Fsp3) is 0.263. The molecule has 0 atom stereocenters. The number of imidazole rings is 1. The molecule has 0 unspecified atom stereocenters. The molecule has 0 radical (unpaired) electrons. The zero-order valence-electron chi connectivity index (χ0n) is 15.8. The standard InChI is InChI=1S/C19H21N5O4S/c1-2-28-15-7-8-16-17(11-15)23-19(22-16)29-12-18(25)21-10-9-20-13-3-5-14(6-4-13)24(26)27/h3-8,11,20H,2,9-10,12H2,1H3,(H,21,25)(H,22,23). The zero-order chi connectivity index (χ0) is 20.6. The summed E-state index contributed by atoms with van der Waals surface area (Å²) in [7, 11) is 0. The number of non-ortho nitro benzene ring substituents is 1. The molecule has 1 aromatic heterocycles. The van der Waals surface area contributed by atoms with Gasteiger partial charge in [0.2, 0.25) is 5.91 Å². The predicted molar refractivity (Wildman–Crippen MR) is 113 cm³/mol. The summed E-state index contributed by atoms with van der Waals surface area (Å²) < 4.78 is 5.47. The molecular formula is C19H21N5O4S. The van der Waals surface area contributed by atoms with E-state index in [1.807, 2.05) is 25.1 Å². The molecular weight excluding hydrogens is 394 g/mol.